The zero-order chi connectivity index (χ0) is 22.0. The first kappa shape index (κ1) is 21.0. The highest BCUT2D eigenvalue weighted by atomic mass is 16.4. The Labute approximate surface area is 174 Å². The normalized spacial score (nSPS) is 12.7. The molecule has 2 aromatic rings. The van der Waals surface area contributed by atoms with Gasteiger partial charge in [-0.25, -0.2) is 4.79 Å². The van der Waals surface area contributed by atoms with Crippen molar-refractivity contribution in [3.05, 3.63) is 58.7 Å². The number of aryl methyl sites for hydroxylation is 1. The van der Waals surface area contributed by atoms with E-state index in [1.165, 1.54) is 25.1 Å². The molecule has 1 heterocycles. The number of nitrogens with one attached hydrogen (secondary N) is 1. The fourth-order valence-electron chi connectivity index (χ4n) is 3.45. The maximum atomic E-state index is 12.7. The van der Waals surface area contributed by atoms with Crippen LogP contribution in [0.5, 0.6) is 0 Å². The highest BCUT2D eigenvalue weighted by Gasteiger charge is 2.36. The van der Waals surface area contributed by atoms with Crippen molar-refractivity contribution in [2.45, 2.75) is 20.8 Å². The van der Waals surface area contributed by atoms with Crippen LogP contribution in [0.15, 0.2) is 36.4 Å². The van der Waals surface area contributed by atoms with Crippen molar-refractivity contribution in [3.8, 4) is 0 Å². The van der Waals surface area contributed by atoms with Crippen molar-refractivity contribution in [1.82, 2.24) is 4.90 Å². The number of carbonyl (C=O) groups is 4. The Morgan fingerprint density at radius 3 is 2.40 bits per heavy atom. The molecule has 3 rings (SSSR count). The van der Waals surface area contributed by atoms with Crippen LogP contribution in [0.1, 0.15) is 50.5 Å². The molecule has 2 aromatic carbocycles. The van der Waals surface area contributed by atoms with Crippen LogP contribution in [-0.2, 0) is 4.79 Å². The van der Waals surface area contributed by atoms with Gasteiger partial charge >= 0.3 is 5.97 Å². The molecule has 0 fully saturated rings. The van der Waals surface area contributed by atoms with Crippen molar-refractivity contribution >= 4 is 35.1 Å². The van der Waals surface area contributed by atoms with Gasteiger partial charge < -0.3 is 15.3 Å². The number of anilines is 2. The SMILES string of the molecule is CCN(CCN1C(=O)c2ccc(C(=O)O)cc2C1=O)c1ccc(C)c(NC(C)=O)c1. The summed E-state index contributed by atoms with van der Waals surface area (Å²) in [7, 11) is 0. The van der Waals surface area contributed by atoms with E-state index >= 15 is 0 Å². The molecule has 0 saturated heterocycles. The molecule has 1 aliphatic heterocycles. The lowest BCUT2D eigenvalue weighted by Crippen LogP contribution is -2.38. The molecule has 3 amide bonds. The molecule has 8 heteroatoms. The largest absolute Gasteiger partial charge is 0.478 e. The average molecular weight is 409 g/mol. The fraction of sp³-hybridized carbons (Fsp3) is 0.273. The van der Waals surface area contributed by atoms with Gasteiger partial charge in [0.05, 0.1) is 16.7 Å². The minimum Gasteiger partial charge on any atom is -0.478 e. The standard InChI is InChI=1S/C22H23N3O5/c1-4-24(16-7-5-13(2)19(12-16)23-14(3)26)9-10-25-20(27)17-8-6-15(22(29)30)11-18(17)21(25)28/h5-8,11-12H,4,9-10H2,1-3H3,(H,23,26)(H,29,30). The molecule has 8 nitrogen and oxygen atoms in total. The third-order valence-corrected chi connectivity index (χ3v) is 5.09. The number of likely N-dealkylation sites (N-methyl/N-ethyl adjacent to an activating group) is 1. The molecule has 0 atom stereocenters. The lowest BCUT2D eigenvalue weighted by molar-refractivity contribution is -0.114. The van der Waals surface area contributed by atoms with Gasteiger partial charge in [0.25, 0.3) is 11.8 Å². The topological polar surface area (TPSA) is 107 Å². The number of amides is 3. The summed E-state index contributed by atoms with van der Waals surface area (Å²) in [6.07, 6.45) is 0. The Morgan fingerprint density at radius 2 is 1.77 bits per heavy atom. The lowest BCUT2D eigenvalue weighted by Gasteiger charge is -2.26. The van der Waals surface area contributed by atoms with Gasteiger partial charge in [-0.3, -0.25) is 19.3 Å². The first-order chi connectivity index (χ1) is 14.2. The summed E-state index contributed by atoms with van der Waals surface area (Å²) in [4.78, 5) is 51.0. The first-order valence-corrected chi connectivity index (χ1v) is 9.59. The minimum atomic E-state index is -1.15. The van der Waals surface area contributed by atoms with E-state index in [2.05, 4.69) is 5.32 Å². The zero-order valence-corrected chi connectivity index (χ0v) is 17.1. The van der Waals surface area contributed by atoms with Crippen LogP contribution in [0, 0.1) is 6.92 Å². The number of fused-ring (bicyclic) bond motifs is 1. The Bertz CT molecular complexity index is 1050. The minimum absolute atomic E-state index is 0.0305. The monoisotopic (exact) mass is 409 g/mol. The first-order valence-electron chi connectivity index (χ1n) is 9.59. The van der Waals surface area contributed by atoms with Crippen molar-refractivity contribution in [2.24, 2.45) is 0 Å². The molecule has 0 unspecified atom stereocenters. The third-order valence-electron chi connectivity index (χ3n) is 5.09. The van der Waals surface area contributed by atoms with Crippen molar-refractivity contribution in [2.75, 3.05) is 29.9 Å². The van der Waals surface area contributed by atoms with E-state index in [4.69, 9.17) is 5.11 Å². The highest BCUT2D eigenvalue weighted by Crippen LogP contribution is 2.26. The number of carbonyl (C=O) groups excluding carboxylic acids is 3. The van der Waals surface area contributed by atoms with Crippen molar-refractivity contribution in [3.63, 3.8) is 0 Å². The van der Waals surface area contributed by atoms with Gasteiger partial charge in [0, 0.05) is 37.9 Å². The lowest BCUT2D eigenvalue weighted by atomic mass is 10.1. The second kappa shape index (κ2) is 8.36. The summed E-state index contributed by atoms with van der Waals surface area (Å²) in [6.45, 7) is 6.49. The van der Waals surface area contributed by atoms with E-state index < -0.39 is 17.8 Å². The Hall–Kier alpha value is -3.68. The number of benzene rings is 2. The predicted octanol–water partition coefficient (Wildman–Crippen LogP) is 2.77. The van der Waals surface area contributed by atoms with Gasteiger partial charge in [-0.05, 0) is 49.7 Å². The molecule has 156 valence electrons. The molecule has 2 N–H and O–H groups in total. The molecule has 0 saturated carbocycles. The van der Waals surface area contributed by atoms with Gasteiger partial charge in [0.1, 0.15) is 0 Å². The van der Waals surface area contributed by atoms with Crippen LogP contribution in [0.25, 0.3) is 0 Å². The van der Waals surface area contributed by atoms with E-state index in [0.717, 1.165) is 16.2 Å². The van der Waals surface area contributed by atoms with Crippen molar-refractivity contribution < 1.29 is 24.3 Å². The number of imide groups is 1. The fourth-order valence-corrected chi connectivity index (χ4v) is 3.45. The number of carboxylic acid groups (broad SMARTS) is 1. The van der Waals surface area contributed by atoms with Gasteiger partial charge in [0.15, 0.2) is 0 Å². The molecular formula is C22H23N3O5. The predicted molar refractivity (Wildman–Crippen MR) is 112 cm³/mol. The maximum absolute atomic E-state index is 12.7. The summed E-state index contributed by atoms with van der Waals surface area (Å²) < 4.78 is 0. The van der Waals surface area contributed by atoms with Crippen LogP contribution >= 0.6 is 0 Å². The van der Waals surface area contributed by atoms with Crippen LogP contribution in [0.2, 0.25) is 0 Å². The van der Waals surface area contributed by atoms with Crippen LogP contribution in [-0.4, -0.2) is 53.3 Å². The van der Waals surface area contributed by atoms with E-state index in [9.17, 15) is 19.2 Å². The van der Waals surface area contributed by atoms with E-state index in [1.54, 1.807) is 0 Å². The summed E-state index contributed by atoms with van der Waals surface area (Å²) >= 11 is 0. The second-order valence-corrected chi connectivity index (χ2v) is 7.09. The number of carboxylic acids is 1. The number of nitrogens with zero attached hydrogens (tertiary/aromatic N) is 2. The number of hydrogen-bond acceptors (Lipinski definition) is 5. The second-order valence-electron chi connectivity index (χ2n) is 7.09. The third kappa shape index (κ3) is 4.03. The van der Waals surface area contributed by atoms with E-state index in [1.807, 2.05) is 36.9 Å². The van der Waals surface area contributed by atoms with Gasteiger partial charge in [-0.1, -0.05) is 6.07 Å². The smallest absolute Gasteiger partial charge is 0.335 e. The van der Waals surface area contributed by atoms with Crippen LogP contribution < -0.4 is 10.2 Å². The maximum Gasteiger partial charge on any atom is 0.335 e. The van der Waals surface area contributed by atoms with Gasteiger partial charge in [0.2, 0.25) is 5.91 Å². The van der Waals surface area contributed by atoms with Crippen LogP contribution in [0.4, 0.5) is 11.4 Å². The molecule has 0 aliphatic carbocycles. The number of hydrogen-bond donors (Lipinski definition) is 2. The van der Waals surface area contributed by atoms with E-state index in [-0.39, 0.29) is 29.1 Å². The Balaban J connectivity index is 1.77. The van der Waals surface area contributed by atoms with Crippen molar-refractivity contribution in [1.29, 1.82) is 0 Å². The van der Waals surface area contributed by atoms with Crippen LogP contribution in [0.3, 0.4) is 0 Å². The molecule has 1 aliphatic rings. The molecule has 0 radical (unpaired) electrons. The zero-order valence-electron chi connectivity index (χ0n) is 17.1. The molecule has 30 heavy (non-hydrogen) atoms. The Kier molecular flexibility index (Phi) is 5.86. The number of aromatic carboxylic acids is 1. The molecular weight excluding hydrogens is 386 g/mol. The summed E-state index contributed by atoms with van der Waals surface area (Å²) in [5.41, 5.74) is 2.80. The van der Waals surface area contributed by atoms with E-state index in [0.29, 0.717) is 18.8 Å². The van der Waals surface area contributed by atoms with Gasteiger partial charge in [-0.2, -0.15) is 0 Å². The van der Waals surface area contributed by atoms with Gasteiger partial charge in [-0.15, -0.1) is 0 Å². The summed E-state index contributed by atoms with van der Waals surface area (Å²) in [5, 5.41) is 11.9. The molecule has 0 aromatic heterocycles. The Morgan fingerprint density at radius 1 is 1.07 bits per heavy atom. The highest BCUT2D eigenvalue weighted by molar-refractivity contribution is 6.21. The average Bonchev–Trinajstić information content (AvgIpc) is 2.94. The number of rotatable bonds is 7. The summed E-state index contributed by atoms with van der Waals surface area (Å²) in [5.74, 6) is -2.23. The molecule has 0 bridgehead atoms. The quantitative estimate of drug-likeness (QED) is 0.681. The molecule has 0 spiro atoms. The summed E-state index contributed by atoms with van der Waals surface area (Å²) in [6, 6.07) is 9.64.